The highest BCUT2D eigenvalue weighted by Crippen LogP contribution is 2.30. The zero-order valence-corrected chi connectivity index (χ0v) is 12.6. The van der Waals surface area contributed by atoms with Gasteiger partial charge < -0.3 is 10.0 Å². The SMILES string of the molecule is CN(C)C=C1CC[N+](C(=O)O)(C(C)(C)C)CCC1=O. The van der Waals surface area contributed by atoms with E-state index < -0.39 is 11.6 Å². The summed E-state index contributed by atoms with van der Waals surface area (Å²) in [5, 5.41) is 9.63. The van der Waals surface area contributed by atoms with E-state index in [0.29, 0.717) is 25.9 Å². The van der Waals surface area contributed by atoms with Gasteiger partial charge in [-0.1, -0.05) is 0 Å². The molecule has 1 fully saturated rings. The van der Waals surface area contributed by atoms with E-state index in [-0.39, 0.29) is 10.3 Å². The number of carbonyl (C=O) groups excluding carboxylic acids is 1. The van der Waals surface area contributed by atoms with Crippen LogP contribution in [0, 0.1) is 0 Å². The number of nitrogens with zero attached hydrogens (tertiary/aromatic N) is 2. The molecule has 1 aliphatic heterocycles. The van der Waals surface area contributed by atoms with E-state index in [2.05, 4.69) is 0 Å². The van der Waals surface area contributed by atoms with E-state index in [0.717, 1.165) is 5.57 Å². The van der Waals surface area contributed by atoms with Crippen molar-refractivity contribution < 1.29 is 19.2 Å². The Morgan fingerprint density at radius 1 is 1.26 bits per heavy atom. The minimum Gasteiger partial charge on any atom is -0.435 e. The first-order valence-electron chi connectivity index (χ1n) is 6.61. The van der Waals surface area contributed by atoms with Crippen LogP contribution in [-0.2, 0) is 4.79 Å². The van der Waals surface area contributed by atoms with Gasteiger partial charge in [0.2, 0.25) is 0 Å². The molecule has 1 heterocycles. The van der Waals surface area contributed by atoms with Crippen LogP contribution in [0.3, 0.4) is 0 Å². The molecule has 5 heteroatoms. The summed E-state index contributed by atoms with van der Waals surface area (Å²) in [5.41, 5.74) is 0.315. The average Bonchev–Trinajstić information content (AvgIpc) is 2.39. The van der Waals surface area contributed by atoms with Gasteiger partial charge in [-0.05, 0) is 20.8 Å². The van der Waals surface area contributed by atoms with Crippen LogP contribution in [0.1, 0.15) is 33.6 Å². The molecule has 1 atom stereocenters. The summed E-state index contributed by atoms with van der Waals surface area (Å²) in [4.78, 5) is 25.7. The third-order valence-corrected chi connectivity index (χ3v) is 3.91. The van der Waals surface area contributed by atoms with Crippen molar-refractivity contribution in [2.75, 3.05) is 27.2 Å². The summed E-state index contributed by atoms with van der Waals surface area (Å²) in [6.07, 6.45) is 1.78. The molecule has 1 aliphatic rings. The first-order chi connectivity index (χ1) is 8.60. The summed E-state index contributed by atoms with van der Waals surface area (Å²) in [6, 6.07) is 0. The second-order valence-electron chi connectivity index (χ2n) is 6.41. The fraction of sp³-hybridized carbons (Fsp3) is 0.714. The van der Waals surface area contributed by atoms with Gasteiger partial charge in [0, 0.05) is 32.3 Å². The molecule has 108 valence electrons. The van der Waals surface area contributed by atoms with Crippen LogP contribution < -0.4 is 0 Å². The van der Waals surface area contributed by atoms with Gasteiger partial charge in [-0.15, -0.1) is 0 Å². The highest BCUT2D eigenvalue weighted by atomic mass is 16.4. The largest absolute Gasteiger partial charge is 0.514 e. The molecular formula is C14H25N2O3+. The molecule has 0 aliphatic carbocycles. The van der Waals surface area contributed by atoms with Crippen LogP contribution in [0.25, 0.3) is 0 Å². The number of carboxylic acid groups (broad SMARTS) is 1. The molecule has 19 heavy (non-hydrogen) atoms. The maximum Gasteiger partial charge on any atom is 0.514 e. The number of rotatable bonds is 1. The molecule has 0 spiro atoms. The standard InChI is InChI=1S/C14H24N2O3/c1-14(2,3)16(13(18)19)8-6-11(10-15(4)5)12(17)7-9-16/h10H,6-9H2,1-5H3/p+1. The topological polar surface area (TPSA) is 57.6 Å². The predicted octanol–water partition coefficient (Wildman–Crippen LogP) is 2.09. The van der Waals surface area contributed by atoms with Crippen molar-refractivity contribution in [3.8, 4) is 0 Å². The van der Waals surface area contributed by atoms with Crippen molar-refractivity contribution >= 4 is 11.9 Å². The van der Waals surface area contributed by atoms with Gasteiger partial charge in [0.05, 0.1) is 19.5 Å². The smallest absolute Gasteiger partial charge is 0.435 e. The van der Waals surface area contributed by atoms with Crippen molar-refractivity contribution in [1.82, 2.24) is 4.90 Å². The van der Waals surface area contributed by atoms with Gasteiger partial charge >= 0.3 is 6.09 Å². The van der Waals surface area contributed by atoms with Crippen molar-refractivity contribution in [2.24, 2.45) is 0 Å². The quantitative estimate of drug-likeness (QED) is 0.585. The number of hydrogen-bond donors (Lipinski definition) is 1. The molecule has 1 unspecified atom stereocenters. The lowest BCUT2D eigenvalue weighted by atomic mass is 10.0. The molecule has 0 radical (unpaired) electrons. The third-order valence-electron chi connectivity index (χ3n) is 3.91. The fourth-order valence-corrected chi connectivity index (χ4v) is 2.61. The normalized spacial score (nSPS) is 27.2. The number of ketones is 1. The highest BCUT2D eigenvalue weighted by molar-refractivity contribution is 5.95. The van der Waals surface area contributed by atoms with Gasteiger partial charge in [-0.2, -0.15) is 4.79 Å². The summed E-state index contributed by atoms with van der Waals surface area (Å²) < 4.78 is -0.0521. The van der Waals surface area contributed by atoms with E-state index in [1.165, 1.54) is 0 Å². The average molecular weight is 269 g/mol. The molecule has 5 nitrogen and oxygen atoms in total. The third kappa shape index (κ3) is 3.15. The molecular weight excluding hydrogens is 244 g/mol. The Balaban J connectivity index is 3.11. The van der Waals surface area contributed by atoms with Gasteiger partial charge in [0.25, 0.3) is 0 Å². The number of carbonyl (C=O) groups is 2. The fourth-order valence-electron chi connectivity index (χ4n) is 2.61. The Bertz CT molecular complexity index is 407. The maximum absolute atomic E-state index is 12.1. The van der Waals surface area contributed by atoms with Crippen molar-refractivity contribution in [2.45, 2.75) is 39.2 Å². The van der Waals surface area contributed by atoms with Crippen LogP contribution in [0.15, 0.2) is 11.8 Å². The molecule has 0 aromatic heterocycles. The molecule has 1 amide bonds. The van der Waals surface area contributed by atoms with Gasteiger partial charge in [-0.25, -0.2) is 4.48 Å². The monoisotopic (exact) mass is 269 g/mol. The summed E-state index contributed by atoms with van der Waals surface area (Å²) in [5.74, 6) is 0.0687. The predicted molar refractivity (Wildman–Crippen MR) is 73.8 cm³/mol. The van der Waals surface area contributed by atoms with Crippen molar-refractivity contribution in [3.63, 3.8) is 0 Å². The number of likely N-dealkylation sites (tertiary alicyclic amines) is 1. The summed E-state index contributed by atoms with van der Waals surface area (Å²) >= 11 is 0. The molecule has 1 saturated heterocycles. The first-order valence-corrected chi connectivity index (χ1v) is 6.61. The second kappa shape index (κ2) is 5.33. The molecule has 1 N–H and O–H groups in total. The number of Topliss-reactive ketones (excluding diaryl/α,β-unsaturated/α-hetero) is 1. The van der Waals surface area contributed by atoms with Crippen molar-refractivity contribution in [1.29, 1.82) is 0 Å². The van der Waals surface area contributed by atoms with E-state index in [9.17, 15) is 14.7 Å². The number of quaternary nitrogens is 1. The Morgan fingerprint density at radius 3 is 2.21 bits per heavy atom. The summed E-state index contributed by atoms with van der Waals surface area (Å²) in [6.45, 7) is 6.59. The molecule has 0 bridgehead atoms. The molecule has 0 saturated carbocycles. The molecule has 1 rings (SSSR count). The van der Waals surface area contributed by atoms with E-state index in [4.69, 9.17) is 0 Å². The van der Waals surface area contributed by atoms with Crippen LogP contribution in [0.2, 0.25) is 0 Å². The summed E-state index contributed by atoms with van der Waals surface area (Å²) in [7, 11) is 3.74. The Labute approximate surface area is 115 Å². The van der Waals surface area contributed by atoms with Crippen LogP contribution >= 0.6 is 0 Å². The lowest BCUT2D eigenvalue weighted by Gasteiger charge is -2.42. The molecule has 0 aromatic rings. The minimum absolute atomic E-state index is 0.0521. The minimum atomic E-state index is -0.841. The second-order valence-corrected chi connectivity index (χ2v) is 6.41. The zero-order valence-electron chi connectivity index (χ0n) is 12.6. The lowest BCUT2D eigenvalue weighted by Crippen LogP contribution is -2.63. The Hall–Kier alpha value is -1.36. The van der Waals surface area contributed by atoms with E-state index in [1.54, 1.807) is 0 Å². The van der Waals surface area contributed by atoms with Gasteiger partial charge in [0.15, 0.2) is 5.78 Å². The number of amides is 1. The zero-order chi connectivity index (χ0) is 14.8. The first kappa shape index (κ1) is 15.7. The van der Waals surface area contributed by atoms with Crippen LogP contribution in [0.5, 0.6) is 0 Å². The van der Waals surface area contributed by atoms with Crippen molar-refractivity contribution in [3.05, 3.63) is 11.8 Å². The Kier molecular flexibility index (Phi) is 4.40. The van der Waals surface area contributed by atoms with Crippen LogP contribution in [-0.4, -0.2) is 59.1 Å². The van der Waals surface area contributed by atoms with E-state index >= 15 is 0 Å². The Morgan fingerprint density at radius 2 is 1.79 bits per heavy atom. The van der Waals surface area contributed by atoms with Gasteiger partial charge in [0.1, 0.15) is 5.54 Å². The lowest BCUT2D eigenvalue weighted by molar-refractivity contribution is -0.902. The molecule has 0 aromatic carbocycles. The van der Waals surface area contributed by atoms with Gasteiger partial charge in [-0.3, -0.25) is 4.79 Å². The van der Waals surface area contributed by atoms with Crippen LogP contribution in [0.4, 0.5) is 4.79 Å². The maximum atomic E-state index is 12.1. The highest BCUT2D eigenvalue weighted by Gasteiger charge is 2.49. The van der Waals surface area contributed by atoms with E-state index in [1.807, 2.05) is 46.0 Å². The number of hydrogen-bond acceptors (Lipinski definition) is 3.